The molecule has 0 radical (unpaired) electrons. The number of nitriles is 1. The van der Waals surface area contributed by atoms with E-state index in [-0.39, 0.29) is 5.75 Å². The quantitative estimate of drug-likeness (QED) is 0.855. The van der Waals surface area contributed by atoms with Crippen LogP contribution in [0.25, 0.3) is 0 Å². The van der Waals surface area contributed by atoms with Gasteiger partial charge in [0.15, 0.2) is 0 Å². The van der Waals surface area contributed by atoms with Crippen LogP contribution in [-0.2, 0) is 6.42 Å². The van der Waals surface area contributed by atoms with Crippen molar-refractivity contribution in [3.8, 4) is 11.8 Å². The fraction of sp³-hybridized carbons (Fsp3) is 0.125. The number of phenolic OH excluding ortho intramolecular Hbond substituents is 1. The third-order valence-electron chi connectivity index (χ3n) is 2.87. The van der Waals surface area contributed by atoms with Crippen LogP contribution in [0.3, 0.4) is 0 Å². The van der Waals surface area contributed by atoms with Gasteiger partial charge in [-0.2, -0.15) is 5.26 Å². The Morgan fingerprint density at radius 2 is 2.00 bits per heavy atom. The molecule has 0 aliphatic rings. The summed E-state index contributed by atoms with van der Waals surface area (Å²) in [4.78, 5) is 4.33. The Kier molecular flexibility index (Phi) is 4.54. The van der Waals surface area contributed by atoms with Crippen LogP contribution in [-0.4, -0.2) is 11.3 Å². The normalized spacial score (nSPS) is 10.7. The van der Waals surface area contributed by atoms with E-state index in [0.29, 0.717) is 12.0 Å². The van der Waals surface area contributed by atoms with Gasteiger partial charge in [0.25, 0.3) is 0 Å². The highest BCUT2D eigenvalue weighted by molar-refractivity contribution is 9.10. The monoisotopic (exact) mass is 328 g/mol. The number of phenols is 1. The molecule has 0 aliphatic carbocycles. The smallest absolute Gasteiger partial charge is 0.127 e. The summed E-state index contributed by atoms with van der Waals surface area (Å²) in [7, 11) is 0. The van der Waals surface area contributed by atoms with E-state index in [1.807, 2.05) is 43.3 Å². The predicted octanol–water partition coefficient (Wildman–Crippen LogP) is 4.28. The SMILES string of the molecule is Cc1cc(Br)cc(/C=N/c2ccc(CC#N)cc2)c1O. The Bertz CT molecular complexity index is 685. The maximum atomic E-state index is 9.97. The molecule has 0 aliphatic heterocycles. The molecule has 2 aromatic carbocycles. The van der Waals surface area contributed by atoms with E-state index in [1.165, 1.54) is 0 Å². The first-order chi connectivity index (χ1) is 9.60. The summed E-state index contributed by atoms with van der Waals surface area (Å²) >= 11 is 3.40. The van der Waals surface area contributed by atoms with Gasteiger partial charge >= 0.3 is 0 Å². The Labute approximate surface area is 126 Å². The van der Waals surface area contributed by atoms with Crippen molar-refractivity contribution < 1.29 is 5.11 Å². The van der Waals surface area contributed by atoms with Crippen molar-refractivity contribution in [1.82, 2.24) is 0 Å². The summed E-state index contributed by atoms with van der Waals surface area (Å²) in [5.41, 5.74) is 3.21. The van der Waals surface area contributed by atoms with Crippen LogP contribution >= 0.6 is 15.9 Å². The molecule has 3 nitrogen and oxygen atoms in total. The van der Waals surface area contributed by atoms with Gasteiger partial charge in [0.05, 0.1) is 18.2 Å². The molecule has 0 fully saturated rings. The topological polar surface area (TPSA) is 56.4 Å². The highest BCUT2D eigenvalue weighted by Gasteiger charge is 2.03. The van der Waals surface area contributed by atoms with Gasteiger partial charge in [-0.05, 0) is 42.3 Å². The summed E-state index contributed by atoms with van der Waals surface area (Å²) in [6, 6.07) is 13.2. The van der Waals surface area contributed by atoms with E-state index in [0.717, 1.165) is 21.3 Å². The fourth-order valence-electron chi connectivity index (χ4n) is 1.80. The molecule has 0 saturated carbocycles. The number of benzene rings is 2. The first-order valence-electron chi connectivity index (χ1n) is 6.09. The van der Waals surface area contributed by atoms with Crippen molar-refractivity contribution in [2.24, 2.45) is 4.99 Å². The maximum Gasteiger partial charge on any atom is 0.127 e. The Hall–Kier alpha value is -2.12. The number of aryl methyl sites for hydroxylation is 1. The van der Waals surface area contributed by atoms with Crippen molar-refractivity contribution in [3.05, 3.63) is 57.6 Å². The fourth-order valence-corrected chi connectivity index (χ4v) is 2.39. The van der Waals surface area contributed by atoms with Crippen molar-refractivity contribution in [3.63, 3.8) is 0 Å². The zero-order valence-electron chi connectivity index (χ0n) is 11.0. The van der Waals surface area contributed by atoms with Crippen LogP contribution in [0.1, 0.15) is 16.7 Å². The number of nitrogens with zero attached hydrogens (tertiary/aromatic N) is 2. The van der Waals surface area contributed by atoms with Gasteiger partial charge in [-0.25, -0.2) is 0 Å². The summed E-state index contributed by atoms with van der Waals surface area (Å²) in [6.07, 6.45) is 2.03. The molecule has 2 aromatic rings. The lowest BCUT2D eigenvalue weighted by atomic mass is 10.1. The van der Waals surface area contributed by atoms with E-state index >= 15 is 0 Å². The molecule has 0 atom stereocenters. The molecule has 0 aromatic heterocycles. The summed E-state index contributed by atoms with van der Waals surface area (Å²) < 4.78 is 0.901. The minimum atomic E-state index is 0.234. The highest BCUT2D eigenvalue weighted by atomic mass is 79.9. The van der Waals surface area contributed by atoms with Crippen LogP contribution in [0.4, 0.5) is 5.69 Å². The average molecular weight is 329 g/mol. The van der Waals surface area contributed by atoms with Gasteiger partial charge in [-0.15, -0.1) is 0 Å². The van der Waals surface area contributed by atoms with Gasteiger partial charge in [-0.3, -0.25) is 4.99 Å². The van der Waals surface area contributed by atoms with Gasteiger partial charge in [0.1, 0.15) is 5.75 Å². The van der Waals surface area contributed by atoms with Gasteiger partial charge in [-0.1, -0.05) is 28.1 Å². The number of aliphatic imine (C=N–C) groups is 1. The third kappa shape index (κ3) is 3.46. The summed E-state index contributed by atoms with van der Waals surface area (Å²) in [5.74, 6) is 0.234. The van der Waals surface area contributed by atoms with E-state index in [9.17, 15) is 5.11 Å². The Morgan fingerprint density at radius 1 is 1.30 bits per heavy atom. The minimum absolute atomic E-state index is 0.234. The number of rotatable bonds is 3. The molecule has 0 saturated heterocycles. The molecule has 0 unspecified atom stereocenters. The maximum absolute atomic E-state index is 9.97. The molecule has 0 heterocycles. The first kappa shape index (κ1) is 14.3. The number of halogens is 1. The standard InChI is InChI=1S/C16H13BrN2O/c1-11-8-14(17)9-13(16(11)20)10-19-15-4-2-12(3-5-15)6-7-18/h2-5,8-10,20H,6H2,1H3/b19-10+. The zero-order chi connectivity index (χ0) is 14.5. The van der Waals surface area contributed by atoms with Gasteiger partial charge in [0.2, 0.25) is 0 Å². The second-order valence-electron chi connectivity index (χ2n) is 4.42. The molecule has 0 spiro atoms. The van der Waals surface area contributed by atoms with Crippen LogP contribution in [0, 0.1) is 18.3 Å². The van der Waals surface area contributed by atoms with E-state index in [1.54, 1.807) is 6.21 Å². The number of hydrogen-bond donors (Lipinski definition) is 1. The van der Waals surface area contributed by atoms with Crippen LogP contribution < -0.4 is 0 Å². The van der Waals surface area contributed by atoms with Crippen molar-refractivity contribution in [1.29, 1.82) is 5.26 Å². The predicted molar refractivity (Wildman–Crippen MR) is 83.6 cm³/mol. The molecule has 2 rings (SSSR count). The third-order valence-corrected chi connectivity index (χ3v) is 3.32. The summed E-state index contributed by atoms with van der Waals surface area (Å²) in [5, 5.41) is 18.6. The lowest BCUT2D eigenvalue weighted by molar-refractivity contribution is 0.470. The molecular formula is C16H13BrN2O. The molecule has 4 heteroatoms. The van der Waals surface area contributed by atoms with E-state index < -0.39 is 0 Å². The molecule has 20 heavy (non-hydrogen) atoms. The van der Waals surface area contributed by atoms with E-state index in [2.05, 4.69) is 27.0 Å². The van der Waals surface area contributed by atoms with Crippen LogP contribution in [0.5, 0.6) is 5.75 Å². The second-order valence-corrected chi connectivity index (χ2v) is 5.34. The lowest BCUT2D eigenvalue weighted by Crippen LogP contribution is -1.86. The van der Waals surface area contributed by atoms with Crippen molar-refractivity contribution in [2.75, 3.05) is 0 Å². The van der Waals surface area contributed by atoms with Crippen LogP contribution in [0.2, 0.25) is 0 Å². The highest BCUT2D eigenvalue weighted by Crippen LogP contribution is 2.26. The minimum Gasteiger partial charge on any atom is -0.507 e. The lowest BCUT2D eigenvalue weighted by Gasteiger charge is -2.04. The second kappa shape index (κ2) is 6.36. The van der Waals surface area contributed by atoms with E-state index in [4.69, 9.17) is 5.26 Å². The molecule has 0 bridgehead atoms. The van der Waals surface area contributed by atoms with Gasteiger partial charge < -0.3 is 5.11 Å². The molecule has 100 valence electrons. The molecule has 1 N–H and O–H groups in total. The number of hydrogen-bond acceptors (Lipinski definition) is 3. The first-order valence-corrected chi connectivity index (χ1v) is 6.88. The van der Waals surface area contributed by atoms with Crippen molar-refractivity contribution in [2.45, 2.75) is 13.3 Å². The Morgan fingerprint density at radius 3 is 2.65 bits per heavy atom. The zero-order valence-corrected chi connectivity index (χ0v) is 12.6. The largest absolute Gasteiger partial charge is 0.507 e. The van der Waals surface area contributed by atoms with Gasteiger partial charge in [0, 0.05) is 16.3 Å². The Balaban J connectivity index is 2.23. The molecular weight excluding hydrogens is 316 g/mol. The van der Waals surface area contributed by atoms with Crippen molar-refractivity contribution >= 4 is 27.8 Å². The number of aromatic hydroxyl groups is 1. The molecule has 0 amide bonds. The van der Waals surface area contributed by atoms with Crippen LogP contribution in [0.15, 0.2) is 45.9 Å². The summed E-state index contributed by atoms with van der Waals surface area (Å²) in [6.45, 7) is 1.84. The average Bonchev–Trinajstić information content (AvgIpc) is 2.43.